The number of H-pyrrole nitrogens is 1. The van der Waals surface area contributed by atoms with Crippen LogP contribution in [0.15, 0.2) is 41.2 Å². The van der Waals surface area contributed by atoms with E-state index in [1.54, 1.807) is 0 Å². The molecule has 2 aliphatic heterocycles. The highest BCUT2D eigenvalue weighted by Gasteiger charge is 2.28. The fourth-order valence-electron chi connectivity index (χ4n) is 5.67. The van der Waals surface area contributed by atoms with Gasteiger partial charge in [0, 0.05) is 30.6 Å². The number of nitrogens with zero attached hydrogens (tertiary/aromatic N) is 5. The van der Waals surface area contributed by atoms with Gasteiger partial charge < -0.3 is 19.2 Å². The molecule has 2 atom stereocenters. The summed E-state index contributed by atoms with van der Waals surface area (Å²) in [7, 11) is 0. The molecule has 204 valence electrons. The lowest BCUT2D eigenvalue weighted by atomic mass is 10.0. The number of fused-ring (bicyclic) bond motifs is 2. The van der Waals surface area contributed by atoms with Crippen molar-refractivity contribution >= 4 is 10.9 Å². The van der Waals surface area contributed by atoms with E-state index < -0.39 is 0 Å². The molecule has 2 unspecified atom stereocenters. The Kier molecular flexibility index (Phi) is 7.05. The third-order valence-electron chi connectivity index (χ3n) is 7.80. The molecule has 4 aromatic rings. The van der Waals surface area contributed by atoms with Crippen molar-refractivity contribution in [3.05, 3.63) is 74.8 Å². The first-order valence-corrected chi connectivity index (χ1v) is 13.6. The topological polar surface area (TPSA) is 107 Å². The minimum Gasteiger partial charge on any atom is -0.454 e. The van der Waals surface area contributed by atoms with E-state index in [0.717, 1.165) is 70.8 Å². The zero-order chi connectivity index (χ0) is 26.9. The third-order valence-corrected chi connectivity index (χ3v) is 7.80. The first kappa shape index (κ1) is 25.5. The van der Waals surface area contributed by atoms with Crippen molar-refractivity contribution in [2.75, 3.05) is 13.4 Å². The van der Waals surface area contributed by atoms with Gasteiger partial charge in [0.05, 0.1) is 24.2 Å². The second-order valence-electron chi connectivity index (χ2n) is 10.5. The molecule has 1 N–H and O–H groups in total. The van der Waals surface area contributed by atoms with Gasteiger partial charge in [-0.15, -0.1) is 5.10 Å². The van der Waals surface area contributed by atoms with Crippen LogP contribution in [-0.4, -0.2) is 49.6 Å². The molecule has 4 heterocycles. The highest BCUT2D eigenvalue weighted by Crippen LogP contribution is 2.34. The van der Waals surface area contributed by atoms with Crippen molar-refractivity contribution in [3.8, 4) is 11.5 Å². The summed E-state index contributed by atoms with van der Waals surface area (Å²) >= 11 is 0. The van der Waals surface area contributed by atoms with E-state index in [9.17, 15) is 4.79 Å². The lowest BCUT2D eigenvalue weighted by Gasteiger charge is -2.30. The molecule has 2 aromatic heterocycles. The molecule has 2 aromatic carbocycles. The first-order chi connectivity index (χ1) is 19.0. The number of aryl methyl sites for hydroxylation is 2. The molecule has 0 amide bonds. The summed E-state index contributed by atoms with van der Waals surface area (Å²) in [6, 6.07) is 12.0. The Morgan fingerprint density at radius 1 is 1.10 bits per heavy atom. The second-order valence-corrected chi connectivity index (χ2v) is 10.5. The van der Waals surface area contributed by atoms with Crippen LogP contribution in [0.4, 0.5) is 0 Å². The molecule has 10 nitrogen and oxygen atoms in total. The van der Waals surface area contributed by atoms with E-state index in [4.69, 9.17) is 14.2 Å². The summed E-state index contributed by atoms with van der Waals surface area (Å²) < 4.78 is 18.9. The fraction of sp³-hybridized carbons (Fsp3) is 0.448. The maximum Gasteiger partial charge on any atom is 0.252 e. The average Bonchev–Trinajstić information content (AvgIpc) is 3.71. The molecule has 0 bridgehead atoms. The summed E-state index contributed by atoms with van der Waals surface area (Å²) in [5.41, 5.74) is 4.74. The van der Waals surface area contributed by atoms with Crippen LogP contribution in [0.1, 0.15) is 60.3 Å². The maximum atomic E-state index is 13.4. The van der Waals surface area contributed by atoms with E-state index in [2.05, 4.69) is 45.3 Å². The van der Waals surface area contributed by atoms with E-state index in [1.807, 2.05) is 41.9 Å². The number of hydrogen-bond donors (Lipinski definition) is 1. The van der Waals surface area contributed by atoms with Gasteiger partial charge in [0.15, 0.2) is 17.3 Å². The minimum atomic E-state index is -0.125. The van der Waals surface area contributed by atoms with Crippen molar-refractivity contribution < 1.29 is 14.2 Å². The molecule has 0 spiro atoms. The molecular formula is C29H34N6O4. The number of nitrogens with one attached hydrogen (secondary N) is 1. The zero-order valence-electron chi connectivity index (χ0n) is 22.6. The lowest BCUT2D eigenvalue weighted by molar-refractivity contribution is 0.0888. The van der Waals surface area contributed by atoms with Crippen LogP contribution in [-0.2, 0) is 24.4 Å². The summed E-state index contributed by atoms with van der Waals surface area (Å²) in [6.07, 6.45) is 2.93. The lowest BCUT2D eigenvalue weighted by Crippen LogP contribution is -2.33. The van der Waals surface area contributed by atoms with Crippen molar-refractivity contribution in [3.63, 3.8) is 0 Å². The summed E-state index contributed by atoms with van der Waals surface area (Å²) in [5, 5.41) is 13.9. The van der Waals surface area contributed by atoms with Crippen molar-refractivity contribution in [2.24, 2.45) is 0 Å². The maximum absolute atomic E-state index is 13.4. The third kappa shape index (κ3) is 5.14. The molecule has 1 fully saturated rings. The van der Waals surface area contributed by atoms with Gasteiger partial charge in [-0.1, -0.05) is 25.1 Å². The van der Waals surface area contributed by atoms with Gasteiger partial charge in [0.25, 0.3) is 5.56 Å². The molecule has 1 saturated heterocycles. The van der Waals surface area contributed by atoms with Crippen LogP contribution in [0.5, 0.6) is 11.5 Å². The van der Waals surface area contributed by atoms with E-state index in [1.165, 1.54) is 0 Å². The molecule has 0 radical (unpaired) electrons. The molecule has 0 aliphatic carbocycles. The van der Waals surface area contributed by atoms with Gasteiger partial charge in [0.1, 0.15) is 0 Å². The summed E-state index contributed by atoms with van der Waals surface area (Å²) in [4.78, 5) is 18.8. The van der Waals surface area contributed by atoms with Gasteiger partial charge in [-0.25, -0.2) is 4.68 Å². The normalized spacial score (nSPS) is 17.4. The molecular weight excluding hydrogens is 496 g/mol. The Balaban J connectivity index is 1.38. The second kappa shape index (κ2) is 10.8. The molecule has 10 heteroatoms. The molecule has 39 heavy (non-hydrogen) atoms. The van der Waals surface area contributed by atoms with Crippen molar-refractivity contribution in [1.82, 2.24) is 30.1 Å². The Labute approximate surface area is 226 Å². The number of pyridine rings is 1. The largest absolute Gasteiger partial charge is 0.454 e. The van der Waals surface area contributed by atoms with Gasteiger partial charge in [-0.05, 0) is 78.4 Å². The Morgan fingerprint density at radius 3 is 2.77 bits per heavy atom. The van der Waals surface area contributed by atoms with Crippen LogP contribution in [0.2, 0.25) is 0 Å². The smallest absolute Gasteiger partial charge is 0.252 e. The van der Waals surface area contributed by atoms with Gasteiger partial charge >= 0.3 is 0 Å². The highest BCUT2D eigenvalue weighted by molar-refractivity contribution is 5.85. The summed E-state index contributed by atoms with van der Waals surface area (Å²) in [6.45, 7) is 8.84. The van der Waals surface area contributed by atoms with Crippen molar-refractivity contribution in [1.29, 1.82) is 0 Å². The predicted octanol–water partition coefficient (Wildman–Crippen LogP) is 4.19. The van der Waals surface area contributed by atoms with Gasteiger partial charge in [0.2, 0.25) is 6.79 Å². The van der Waals surface area contributed by atoms with E-state index >= 15 is 0 Å². The SMILES string of the molecule is CCC(c1nnnn1CC1CCCO1)N(Cc1ccc2c(c1)OCO2)Cc1cc2c(C)ccc(C)c2[nH]c1=O. The Morgan fingerprint density at radius 2 is 1.95 bits per heavy atom. The van der Waals surface area contributed by atoms with Gasteiger partial charge in [-0.2, -0.15) is 0 Å². The first-order valence-electron chi connectivity index (χ1n) is 13.6. The molecule has 6 rings (SSSR count). The van der Waals surface area contributed by atoms with Gasteiger partial charge in [-0.3, -0.25) is 9.69 Å². The highest BCUT2D eigenvalue weighted by atomic mass is 16.7. The number of aromatic amines is 1. The Hall–Kier alpha value is -3.76. The minimum absolute atomic E-state index is 0.0827. The van der Waals surface area contributed by atoms with E-state index in [0.29, 0.717) is 25.2 Å². The summed E-state index contributed by atoms with van der Waals surface area (Å²) in [5.74, 6) is 2.26. The Bertz CT molecular complexity index is 1540. The van der Waals surface area contributed by atoms with Crippen LogP contribution in [0, 0.1) is 13.8 Å². The quantitative estimate of drug-likeness (QED) is 0.343. The number of hydrogen-bond acceptors (Lipinski definition) is 8. The number of ether oxygens (including phenoxy) is 3. The molecule has 2 aliphatic rings. The number of tetrazole rings is 1. The zero-order valence-corrected chi connectivity index (χ0v) is 22.6. The number of rotatable bonds is 9. The molecule has 0 saturated carbocycles. The van der Waals surface area contributed by atoms with Crippen molar-refractivity contribution in [2.45, 2.75) is 71.8 Å². The standard InChI is InChI=1S/C29H34N6O4/c1-4-24(28-31-32-33-35(28)16-22-6-5-11-37-22)34(14-20-9-10-25-26(12-20)39-17-38-25)15-21-13-23-18(2)7-8-19(3)27(23)30-29(21)36/h7-10,12-13,22,24H,4-6,11,14-17H2,1-3H3,(H,30,36). The van der Waals surface area contributed by atoms with E-state index in [-0.39, 0.29) is 24.5 Å². The number of aromatic nitrogens is 5. The number of benzene rings is 2. The predicted molar refractivity (Wildman–Crippen MR) is 146 cm³/mol. The van der Waals surface area contributed by atoms with Crippen LogP contribution < -0.4 is 15.0 Å². The fourth-order valence-corrected chi connectivity index (χ4v) is 5.67. The van der Waals surface area contributed by atoms with Crippen LogP contribution in [0.3, 0.4) is 0 Å². The van der Waals surface area contributed by atoms with Crippen LogP contribution in [0.25, 0.3) is 10.9 Å². The average molecular weight is 531 g/mol. The monoisotopic (exact) mass is 530 g/mol. The van der Waals surface area contributed by atoms with Crippen LogP contribution >= 0.6 is 0 Å².